The fourth-order valence-corrected chi connectivity index (χ4v) is 6.06. The summed E-state index contributed by atoms with van der Waals surface area (Å²) in [6, 6.07) is 2.20. The van der Waals surface area contributed by atoms with Gasteiger partial charge in [-0.25, -0.2) is 14.8 Å². The fraction of sp³-hybridized carbons (Fsp3) is 0.500. The number of carbonyl (C=O) groups is 1. The van der Waals surface area contributed by atoms with Gasteiger partial charge >= 0.3 is 5.97 Å². The number of aryl methyl sites for hydroxylation is 1. The number of thiazole rings is 1. The van der Waals surface area contributed by atoms with Crippen molar-refractivity contribution in [2.75, 3.05) is 56.1 Å². The summed E-state index contributed by atoms with van der Waals surface area (Å²) in [7, 11) is 0. The summed E-state index contributed by atoms with van der Waals surface area (Å²) < 4.78 is 5.16. The van der Waals surface area contributed by atoms with E-state index in [-0.39, 0.29) is 5.97 Å². The Kier molecular flexibility index (Phi) is 7.57. The lowest BCUT2D eigenvalue weighted by atomic mass is 10.0. The van der Waals surface area contributed by atoms with Crippen LogP contribution >= 0.6 is 22.7 Å². The Morgan fingerprint density at radius 3 is 2.86 bits per heavy atom. The smallest absolute Gasteiger partial charge is 0.350 e. The topological polar surface area (TPSA) is 95.5 Å². The largest absolute Gasteiger partial charge is 0.462 e. The van der Waals surface area contributed by atoms with Crippen molar-refractivity contribution >= 4 is 45.5 Å². The lowest BCUT2D eigenvalue weighted by molar-refractivity contribution is 0.0531. The van der Waals surface area contributed by atoms with Gasteiger partial charge < -0.3 is 15.0 Å². The molecule has 3 aromatic heterocycles. The van der Waals surface area contributed by atoms with E-state index in [1.54, 1.807) is 18.3 Å². The number of thiophene rings is 1. The van der Waals surface area contributed by atoms with Gasteiger partial charge in [0, 0.05) is 51.4 Å². The van der Waals surface area contributed by atoms with Crippen LogP contribution in [-0.4, -0.2) is 71.7 Å². The summed E-state index contributed by atoms with van der Waals surface area (Å²) in [6.45, 7) is 10.5. The van der Waals surface area contributed by atoms with Crippen molar-refractivity contribution in [3.63, 3.8) is 0 Å². The first-order valence-corrected chi connectivity index (χ1v) is 13.9. The van der Waals surface area contributed by atoms with Crippen molar-refractivity contribution in [1.82, 2.24) is 25.2 Å². The summed E-state index contributed by atoms with van der Waals surface area (Å²) in [5.41, 5.74) is 4.37. The van der Waals surface area contributed by atoms with Crippen LogP contribution in [0.5, 0.6) is 0 Å². The molecule has 5 heterocycles. The van der Waals surface area contributed by atoms with Crippen molar-refractivity contribution in [3.05, 3.63) is 44.2 Å². The maximum Gasteiger partial charge on any atom is 0.350 e. The summed E-state index contributed by atoms with van der Waals surface area (Å²) in [6.07, 6.45) is 2.00. The highest BCUT2D eigenvalue weighted by atomic mass is 32.1. The van der Waals surface area contributed by atoms with Crippen molar-refractivity contribution < 1.29 is 9.53 Å². The molecule has 35 heavy (non-hydrogen) atoms. The molecule has 0 saturated carbocycles. The third-order valence-electron chi connectivity index (χ3n) is 6.31. The third-order valence-corrected chi connectivity index (χ3v) is 8.10. The van der Waals surface area contributed by atoms with Gasteiger partial charge in [0.25, 0.3) is 0 Å². The second-order valence-electron chi connectivity index (χ2n) is 8.72. The Morgan fingerprint density at radius 1 is 1.23 bits per heavy atom. The van der Waals surface area contributed by atoms with Crippen LogP contribution in [0.25, 0.3) is 0 Å². The Morgan fingerprint density at radius 2 is 2.09 bits per heavy atom. The molecule has 2 N–H and O–H groups in total. The van der Waals surface area contributed by atoms with Crippen molar-refractivity contribution in [1.29, 1.82) is 0 Å². The van der Waals surface area contributed by atoms with Gasteiger partial charge in [0.15, 0.2) is 5.13 Å². The van der Waals surface area contributed by atoms with Gasteiger partial charge in [-0.05, 0) is 49.1 Å². The van der Waals surface area contributed by atoms with Crippen LogP contribution in [-0.2, 0) is 24.1 Å². The first-order chi connectivity index (χ1) is 17.1. The molecule has 2 aliphatic heterocycles. The highest BCUT2D eigenvalue weighted by Crippen LogP contribution is 2.31. The van der Waals surface area contributed by atoms with Crippen LogP contribution in [0.15, 0.2) is 16.8 Å². The van der Waals surface area contributed by atoms with E-state index >= 15 is 0 Å². The van der Waals surface area contributed by atoms with Gasteiger partial charge in [-0.2, -0.15) is 16.3 Å². The molecule has 2 aliphatic rings. The Bertz CT molecular complexity index is 1160. The minimum absolute atomic E-state index is 0.337. The summed E-state index contributed by atoms with van der Waals surface area (Å²) >= 11 is 3.03. The van der Waals surface area contributed by atoms with Crippen LogP contribution in [0.4, 0.5) is 16.9 Å². The predicted molar refractivity (Wildman–Crippen MR) is 140 cm³/mol. The number of fused-ring (bicyclic) bond motifs is 1. The van der Waals surface area contributed by atoms with Gasteiger partial charge in [-0.3, -0.25) is 10.2 Å². The SMILES string of the molecule is CCOC(=O)c1sc(Nc2nc3c(c(N4CCNCC4)n2)CCN(CCc2ccsc2)C3)nc1C. The van der Waals surface area contributed by atoms with E-state index in [1.165, 1.54) is 22.5 Å². The third kappa shape index (κ3) is 5.64. The van der Waals surface area contributed by atoms with E-state index in [1.807, 2.05) is 6.92 Å². The normalized spacial score (nSPS) is 16.2. The average Bonchev–Trinajstić information content (AvgIpc) is 3.52. The molecule has 0 bridgehead atoms. The van der Waals surface area contributed by atoms with Gasteiger partial charge in [0.2, 0.25) is 5.95 Å². The van der Waals surface area contributed by atoms with E-state index in [2.05, 4.69) is 42.2 Å². The van der Waals surface area contributed by atoms with Crippen molar-refractivity contribution in [3.8, 4) is 0 Å². The molecule has 5 rings (SSSR count). The van der Waals surface area contributed by atoms with Crippen molar-refractivity contribution in [2.24, 2.45) is 0 Å². The van der Waals surface area contributed by atoms with Crippen LogP contribution in [0.1, 0.15) is 39.1 Å². The molecule has 0 unspecified atom stereocenters. The molecule has 0 spiro atoms. The van der Waals surface area contributed by atoms with E-state index in [4.69, 9.17) is 14.7 Å². The molecule has 3 aromatic rings. The first-order valence-electron chi connectivity index (χ1n) is 12.1. The summed E-state index contributed by atoms with van der Waals surface area (Å²) in [4.78, 5) is 32.0. The standard InChI is InChI=1S/C24H31N7O2S2/c1-3-33-22(32)20-16(2)26-24(35-20)29-23-27-19-14-30(9-4-17-6-13-34-15-17)10-5-18(19)21(28-23)31-11-7-25-8-12-31/h6,13,15,25H,3-5,7-12,14H2,1-2H3,(H,26,27,28,29). The number of hydrogen-bond acceptors (Lipinski definition) is 11. The molecule has 0 amide bonds. The summed E-state index contributed by atoms with van der Waals surface area (Å²) in [5, 5.41) is 11.7. The Hall–Kier alpha value is -2.60. The van der Waals surface area contributed by atoms with Crippen LogP contribution in [0.2, 0.25) is 0 Å². The zero-order valence-corrected chi connectivity index (χ0v) is 21.8. The number of carbonyl (C=O) groups excluding carboxylic acids is 1. The molecule has 0 aromatic carbocycles. The quantitative estimate of drug-likeness (QED) is 0.440. The van der Waals surface area contributed by atoms with E-state index < -0.39 is 0 Å². The maximum absolute atomic E-state index is 12.2. The second-order valence-corrected chi connectivity index (χ2v) is 10.5. The molecule has 11 heteroatoms. The van der Waals surface area contributed by atoms with E-state index in [9.17, 15) is 4.79 Å². The van der Waals surface area contributed by atoms with Gasteiger partial charge in [0.05, 0.1) is 18.0 Å². The number of esters is 1. The van der Waals surface area contributed by atoms with E-state index in [0.717, 1.165) is 70.2 Å². The minimum atomic E-state index is -0.343. The highest BCUT2D eigenvalue weighted by molar-refractivity contribution is 7.17. The lowest BCUT2D eigenvalue weighted by Crippen LogP contribution is -2.45. The molecule has 186 valence electrons. The number of anilines is 3. The van der Waals surface area contributed by atoms with Gasteiger partial charge in [-0.1, -0.05) is 11.3 Å². The van der Waals surface area contributed by atoms with Gasteiger partial charge in [-0.15, -0.1) is 0 Å². The Labute approximate surface area is 213 Å². The number of piperazine rings is 1. The molecule has 1 saturated heterocycles. The Balaban J connectivity index is 1.39. The molecule has 9 nitrogen and oxygen atoms in total. The fourth-order valence-electron chi connectivity index (χ4n) is 4.50. The molecular weight excluding hydrogens is 482 g/mol. The van der Waals surface area contributed by atoms with Crippen molar-refractivity contribution in [2.45, 2.75) is 33.2 Å². The number of rotatable bonds is 8. The number of nitrogens with zero attached hydrogens (tertiary/aromatic N) is 5. The first kappa shape index (κ1) is 24.1. The monoisotopic (exact) mass is 513 g/mol. The zero-order chi connectivity index (χ0) is 24.2. The molecule has 0 aliphatic carbocycles. The number of nitrogens with one attached hydrogen (secondary N) is 2. The van der Waals surface area contributed by atoms with Crippen LogP contribution < -0.4 is 15.5 Å². The minimum Gasteiger partial charge on any atom is -0.462 e. The number of aromatic nitrogens is 3. The number of ether oxygens (including phenoxy) is 1. The van der Waals surface area contributed by atoms with E-state index in [0.29, 0.717) is 28.3 Å². The second kappa shape index (κ2) is 11.0. The molecule has 0 atom stereocenters. The summed E-state index contributed by atoms with van der Waals surface area (Å²) in [5.74, 6) is 1.21. The van der Waals surface area contributed by atoms with Crippen LogP contribution in [0.3, 0.4) is 0 Å². The highest BCUT2D eigenvalue weighted by Gasteiger charge is 2.26. The molecule has 1 fully saturated rings. The number of hydrogen-bond donors (Lipinski definition) is 2. The molecular formula is C24H31N7O2S2. The maximum atomic E-state index is 12.2. The molecule has 0 radical (unpaired) electrons. The average molecular weight is 514 g/mol. The lowest BCUT2D eigenvalue weighted by Gasteiger charge is -2.34. The van der Waals surface area contributed by atoms with Gasteiger partial charge in [0.1, 0.15) is 10.7 Å². The zero-order valence-electron chi connectivity index (χ0n) is 20.2. The predicted octanol–water partition coefficient (Wildman–Crippen LogP) is 3.23. The van der Waals surface area contributed by atoms with Crippen LogP contribution in [0, 0.1) is 6.92 Å².